The van der Waals surface area contributed by atoms with E-state index in [0.29, 0.717) is 6.04 Å². The summed E-state index contributed by atoms with van der Waals surface area (Å²) in [6.45, 7) is 5.19. The zero-order valence-corrected chi connectivity index (χ0v) is 9.87. The Morgan fingerprint density at radius 3 is 2.73 bits per heavy atom. The Bertz CT molecular complexity index is 174. The van der Waals surface area contributed by atoms with E-state index in [4.69, 9.17) is 4.74 Å². The van der Waals surface area contributed by atoms with Crippen molar-refractivity contribution in [1.82, 2.24) is 10.2 Å². The maximum Gasteiger partial charge on any atom is 0.0632 e. The molecular formula is C12H24N2O. The van der Waals surface area contributed by atoms with Crippen LogP contribution in [-0.2, 0) is 4.74 Å². The average molecular weight is 212 g/mol. The minimum atomic E-state index is 0.546. The highest BCUT2D eigenvalue weighted by Crippen LogP contribution is 2.25. The Kier molecular flexibility index (Phi) is 4.42. The minimum absolute atomic E-state index is 0.546. The molecule has 1 aliphatic carbocycles. The molecule has 2 aliphatic rings. The summed E-state index contributed by atoms with van der Waals surface area (Å²) in [5.41, 5.74) is 0. The van der Waals surface area contributed by atoms with Gasteiger partial charge in [-0.3, -0.25) is 0 Å². The van der Waals surface area contributed by atoms with Crippen LogP contribution in [0.4, 0.5) is 0 Å². The molecule has 0 aromatic rings. The average Bonchev–Trinajstić information content (AvgIpc) is 2.71. The van der Waals surface area contributed by atoms with E-state index >= 15 is 0 Å². The molecule has 1 saturated heterocycles. The van der Waals surface area contributed by atoms with E-state index in [1.807, 2.05) is 0 Å². The van der Waals surface area contributed by atoms with Gasteiger partial charge in [0.2, 0.25) is 0 Å². The third-order valence-corrected chi connectivity index (χ3v) is 3.58. The normalized spacial score (nSPS) is 28.8. The second kappa shape index (κ2) is 5.83. The summed E-state index contributed by atoms with van der Waals surface area (Å²) in [5, 5.41) is 3.51. The largest absolute Gasteiger partial charge is 0.378 e. The molecule has 0 amide bonds. The third kappa shape index (κ3) is 3.74. The first-order valence-corrected chi connectivity index (χ1v) is 6.34. The molecule has 0 aromatic heterocycles. The minimum Gasteiger partial charge on any atom is -0.378 e. The molecule has 88 valence electrons. The van der Waals surface area contributed by atoms with Crippen LogP contribution in [0, 0.1) is 5.92 Å². The van der Waals surface area contributed by atoms with E-state index in [1.54, 1.807) is 0 Å². The van der Waals surface area contributed by atoms with Gasteiger partial charge >= 0.3 is 0 Å². The quantitative estimate of drug-likeness (QED) is 0.755. The summed E-state index contributed by atoms with van der Waals surface area (Å²) in [6, 6.07) is 0.546. The van der Waals surface area contributed by atoms with Crippen molar-refractivity contribution in [3.8, 4) is 0 Å². The summed E-state index contributed by atoms with van der Waals surface area (Å²) in [6.07, 6.45) is 5.78. The van der Waals surface area contributed by atoms with Gasteiger partial charge in [-0.05, 0) is 25.8 Å². The highest BCUT2D eigenvalue weighted by atomic mass is 16.5. The summed E-state index contributed by atoms with van der Waals surface area (Å²) in [4.78, 5) is 2.47. The molecule has 15 heavy (non-hydrogen) atoms. The summed E-state index contributed by atoms with van der Waals surface area (Å²) in [7, 11) is 2.24. The Hall–Kier alpha value is -0.120. The molecule has 0 aromatic carbocycles. The molecule has 1 saturated carbocycles. The fourth-order valence-electron chi connectivity index (χ4n) is 2.82. The van der Waals surface area contributed by atoms with Crippen molar-refractivity contribution in [3.63, 3.8) is 0 Å². The summed E-state index contributed by atoms with van der Waals surface area (Å²) in [5.74, 6) is 0.958. The lowest BCUT2D eigenvalue weighted by Crippen LogP contribution is -2.48. The number of nitrogens with one attached hydrogen (secondary N) is 1. The van der Waals surface area contributed by atoms with E-state index in [0.717, 1.165) is 32.2 Å². The molecule has 2 rings (SSSR count). The van der Waals surface area contributed by atoms with Gasteiger partial charge in [0.05, 0.1) is 13.2 Å². The van der Waals surface area contributed by atoms with E-state index in [9.17, 15) is 0 Å². The Morgan fingerprint density at radius 1 is 1.27 bits per heavy atom. The van der Waals surface area contributed by atoms with Gasteiger partial charge in [-0.15, -0.1) is 0 Å². The lowest BCUT2D eigenvalue weighted by Gasteiger charge is -2.29. The molecule has 0 spiro atoms. The second-order valence-corrected chi connectivity index (χ2v) is 5.10. The summed E-state index contributed by atoms with van der Waals surface area (Å²) >= 11 is 0. The van der Waals surface area contributed by atoms with Crippen LogP contribution in [0.25, 0.3) is 0 Å². The first-order chi connectivity index (χ1) is 7.34. The third-order valence-electron chi connectivity index (χ3n) is 3.58. The van der Waals surface area contributed by atoms with Crippen molar-refractivity contribution in [1.29, 1.82) is 0 Å². The van der Waals surface area contributed by atoms with Crippen molar-refractivity contribution in [3.05, 3.63) is 0 Å². The molecule has 1 atom stereocenters. The zero-order valence-electron chi connectivity index (χ0n) is 9.87. The number of rotatable bonds is 4. The van der Waals surface area contributed by atoms with Crippen LogP contribution in [0.2, 0.25) is 0 Å². The van der Waals surface area contributed by atoms with Crippen molar-refractivity contribution in [2.45, 2.75) is 31.7 Å². The van der Waals surface area contributed by atoms with Crippen molar-refractivity contribution in [2.24, 2.45) is 5.92 Å². The van der Waals surface area contributed by atoms with Crippen LogP contribution in [0.15, 0.2) is 0 Å². The smallest absolute Gasteiger partial charge is 0.0632 e. The van der Waals surface area contributed by atoms with E-state index < -0.39 is 0 Å². The van der Waals surface area contributed by atoms with Gasteiger partial charge in [-0.1, -0.05) is 12.8 Å². The van der Waals surface area contributed by atoms with Gasteiger partial charge in [0.1, 0.15) is 0 Å². The fraction of sp³-hybridized carbons (Fsp3) is 1.00. The van der Waals surface area contributed by atoms with Gasteiger partial charge in [0, 0.05) is 25.7 Å². The van der Waals surface area contributed by atoms with Crippen molar-refractivity contribution < 1.29 is 4.74 Å². The van der Waals surface area contributed by atoms with E-state index in [-0.39, 0.29) is 0 Å². The summed E-state index contributed by atoms with van der Waals surface area (Å²) < 4.78 is 5.46. The number of morpholine rings is 1. The Balaban J connectivity index is 1.64. The topological polar surface area (TPSA) is 24.5 Å². The van der Waals surface area contributed by atoms with Crippen LogP contribution in [0.1, 0.15) is 25.7 Å². The predicted molar refractivity (Wildman–Crippen MR) is 62.1 cm³/mol. The lowest BCUT2D eigenvalue weighted by molar-refractivity contribution is 0.0635. The van der Waals surface area contributed by atoms with Crippen LogP contribution in [0.5, 0.6) is 0 Å². The van der Waals surface area contributed by atoms with Crippen molar-refractivity contribution in [2.75, 3.05) is 39.9 Å². The first-order valence-electron chi connectivity index (χ1n) is 6.34. The van der Waals surface area contributed by atoms with Gasteiger partial charge in [0.15, 0.2) is 0 Å². The molecule has 3 heteroatoms. The van der Waals surface area contributed by atoms with Crippen LogP contribution < -0.4 is 5.32 Å². The fourth-order valence-corrected chi connectivity index (χ4v) is 2.82. The van der Waals surface area contributed by atoms with E-state index in [1.165, 1.54) is 32.2 Å². The maximum atomic E-state index is 5.46. The van der Waals surface area contributed by atoms with Gasteiger partial charge in [-0.2, -0.15) is 0 Å². The predicted octanol–water partition coefficient (Wildman–Crippen LogP) is 1.10. The standard InChI is InChI=1S/C12H24N2O/c1-14(8-11-4-2-3-5-11)9-12-10-15-7-6-13-12/h11-13H,2-10H2,1H3. The number of likely N-dealkylation sites (N-methyl/N-ethyl adjacent to an activating group) is 1. The monoisotopic (exact) mass is 212 g/mol. The lowest BCUT2D eigenvalue weighted by atomic mass is 10.1. The molecule has 3 nitrogen and oxygen atoms in total. The SMILES string of the molecule is CN(CC1CCCC1)CC1COCCN1. The van der Waals surface area contributed by atoms with Gasteiger partial charge in [-0.25, -0.2) is 0 Å². The van der Waals surface area contributed by atoms with Gasteiger partial charge in [0.25, 0.3) is 0 Å². The van der Waals surface area contributed by atoms with Crippen LogP contribution >= 0.6 is 0 Å². The molecule has 1 N–H and O–H groups in total. The van der Waals surface area contributed by atoms with E-state index in [2.05, 4.69) is 17.3 Å². The molecule has 1 aliphatic heterocycles. The highest BCUT2D eigenvalue weighted by molar-refractivity contribution is 4.76. The molecule has 0 radical (unpaired) electrons. The molecular weight excluding hydrogens is 188 g/mol. The zero-order chi connectivity index (χ0) is 10.5. The molecule has 1 heterocycles. The van der Waals surface area contributed by atoms with Crippen LogP contribution in [0.3, 0.4) is 0 Å². The van der Waals surface area contributed by atoms with Gasteiger partial charge < -0.3 is 15.0 Å². The number of hydrogen-bond donors (Lipinski definition) is 1. The number of hydrogen-bond acceptors (Lipinski definition) is 3. The molecule has 1 unspecified atom stereocenters. The second-order valence-electron chi connectivity index (χ2n) is 5.10. The Morgan fingerprint density at radius 2 is 2.07 bits per heavy atom. The Labute approximate surface area is 93.2 Å². The first kappa shape index (κ1) is 11.4. The number of ether oxygens (including phenoxy) is 1. The number of nitrogens with zero attached hydrogens (tertiary/aromatic N) is 1. The molecule has 0 bridgehead atoms. The maximum absolute atomic E-state index is 5.46. The highest BCUT2D eigenvalue weighted by Gasteiger charge is 2.19. The van der Waals surface area contributed by atoms with Crippen molar-refractivity contribution >= 4 is 0 Å². The molecule has 2 fully saturated rings. The van der Waals surface area contributed by atoms with Crippen LogP contribution in [-0.4, -0.2) is 50.8 Å².